The molecule has 0 saturated carbocycles. The maximum atomic E-state index is 12.5. The number of rotatable bonds is 10. The molecular weight excluding hydrogens is 556 g/mol. The van der Waals surface area contributed by atoms with Crippen molar-refractivity contribution in [3.8, 4) is 11.6 Å². The van der Waals surface area contributed by atoms with Gasteiger partial charge in [0.05, 0.1) is 13.1 Å². The van der Waals surface area contributed by atoms with Crippen LogP contribution in [0.15, 0.2) is 12.1 Å². The standard InChI is InChI=1S/C30H40N6O7/c1-17-21-12-19(13-22(21)18(2)33-27(17)40-11-10-32-28(38)43-30(3,4)5)14-31-9-8-20-15-36(29(39)42-20)24-7-6-23-26(34-24)35-25(37)16-41-23/h6-7,19-20,31H,8-16H2,1-5H3,(H,32,38)(H,34,35,37). The number of hydrogen-bond donors (Lipinski definition) is 3. The molecule has 1 aliphatic carbocycles. The van der Waals surface area contributed by atoms with Crippen molar-refractivity contribution in [1.82, 2.24) is 20.6 Å². The van der Waals surface area contributed by atoms with Crippen LogP contribution in [0.1, 0.15) is 49.6 Å². The van der Waals surface area contributed by atoms with Gasteiger partial charge < -0.3 is 34.9 Å². The van der Waals surface area contributed by atoms with E-state index in [2.05, 4.69) is 20.9 Å². The summed E-state index contributed by atoms with van der Waals surface area (Å²) in [6.45, 7) is 12.0. The van der Waals surface area contributed by atoms with Crippen LogP contribution in [0.5, 0.6) is 11.6 Å². The first kappa shape index (κ1) is 30.3. The van der Waals surface area contributed by atoms with E-state index < -0.39 is 17.8 Å². The lowest BCUT2D eigenvalue weighted by molar-refractivity contribution is -0.118. The van der Waals surface area contributed by atoms with Crippen molar-refractivity contribution < 1.29 is 33.3 Å². The highest BCUT2D eigenvalue weighted by molar-refractivity contribution is 5.95. The number of aromatic nitrogens is 2. The summed E-state index contributed by atoms with van der Waals surface area (Å²) in [4.78, 5) is 46.5. The average Bonchev–Trinajstić information content (AvgIpc) is 3.54. The minimum Gasteiger partial charge on any atom is -0.480 e. The Labute approximate surface area is 251 Å². The lowest BCUT2D eigenvalue weighted by atomic mass is 10.0. The molecule has 43 heavy (non-hydrogen) atoms. The number of alkyl carbamates (subject to hydrolysis) is 1. The van der Waals surface area contributed by atoms with Crippen LogP contribution >= 0.6 is 0 Å². The minimum atomic E-state index is -0.547. The van der Waals surface area contributed by atoms with Crippen molar-refractivity contribution in [2.75, 3.05) is 49.6 Å². The van der Waals surface area contributed by atoms with E-state index in [4.69, 9.17) is 23.9 Å². The van der Waals surface area contributed by atoms with E-state index in [9.17, 15) is 14.4 Å². The van der Waals surface area contributed by atoms with E-state index in [0.717, 1.165) is 30.6 Å². The molecule has 2 aliphatic heterocycles. The number of nitrogens with one attached hydrogen (secondary N) is 3. The number of pyridine rings is 2. The van der Waals surface area contributed by atoms with Gasteiger partial charge in [0.15, 0.2) is 18.2 Å². The molecule has 0 spiro atoms. The van der Waals surface area contributed by atoms with Crippen LogP contribution in [-0.2, 0) is 27.1 Å². The molecule has 0 bridgehead atoms. The molecular formula is C30H40N6O7. The van der Waals surface area contributed by atoms with Crippen LogP contribution in [0.2, 0.25) is 0 Å². The summed E-state index contributed by atoms with van der Waals surface area (Å²) < 4.78 is 22.1. The van der Waals surface area contributed by atoms with Crippen LogP contribution in [-0.4, -0.2) is 79.2 Å². The first-order valence-corrected chi connectivity index (χ1v) is 14.7. The average molecular weight is 597 g/mol. The summed E-state index contributed by atoms with van der Waals surface area (Å²) in [5.74, 6) is 1.94. The van der Waals surface area contributed by atoms with Crippen molar-refractivity contribution in [2.45, 2.75) is 65.6 Å². The zero-order chi connectivity index (χ0) is 30.7. The zero-order valence-electron chi connectivity index (χ0n) is 25.4. The Hall–Kier alpha value is -4.13. The SMILES string of the molecule is Cc1nc(OCCNC(=O)OC(C)(C)C)c(C)c2c1CC(CNCCC1CN(c3ccc4c(n3)NC(=O)CO4)C(=O)O1)C2. The fraction of sp³-hybridized carbons (Fsp3) is 0.567. The van der Waals surface area contributed by atoms with Gasteiger partial charge in [0.1, 0.15) is 24.1 Å². The first-order valence-electron chi connectivity index (χ1n) is 14.7. The van der Waals surface area contributed by atoms with Gasteiger partial charge in [0, 0.05) is 11.3 Å². The molecule has 0 radical (unpaired) electrons. The van der Waals surface area contributed by atoms with Gasteiger partial charge >= 0.3 is 12.2 Å². The smallest absolute Gasteiger partial charge is 0.415 e. The second-order valence-electron chi connectivity index (χ2n) is 12.1. The highest BCUT2D eigenvalue weighted by Crippen LogP contribution is 2.35. The van der Waals surface area contributed by atoms with Gasteiger partial charge in [-0.25, -0.2) is 19.6 Å². The molecule has 4 heterocycles. The predicted molar refractivity (Wildman–Crippen MR) is 158 cm³/mol. The highest BCUT2D eigenvalue weighted by Gasteiger charge is 2.34. The molecule has 2 aromatic heterocycles. The summed E-state index contributed by atoms with van der Waals surface area (Å²) in [6.07, 6.45) is 1.36. The van der Waals surface area contributed by atoms with Gasteiger partial charge in [-0.2, -0.15) is 0 Å². The Balaban J connectivity index is 1.05. The van der Waals surface area contributed by atoms with Crippen LogP contribution in [0.3, 0.4) is 0 Å². The molecule has 2 aromatic rings. The van der Waals surface area contributed by atoms with Crippen molar-refractivity contribution in [3.63, 3.8) is 0 Å². The fourth-order valence-corrected chi connectivity index (χ4v) is 5.51. The number of carbonyl (C=O) groups excluding carboxylic acids is 3. The van der Waals surface area contributed by atoms with Gasteiger partial charge in [0.2, 0.25) is 5.88 Å². The lowest BCUT2D eigenvalue weighted by Crippen LogP contribution is -2.34. The van der Waals surface area contributed by atoms with Crippen molar-refractivity contribution in [2.24, 2.45) is 5.92 Å². The van der Waals surface area contributed by atoms with Gasteiger partial charge in [-0.15, -0.1) is 0 Å². The largest absolute Gasteiger partial charge is 0.480 e. The first-order chi connectivity index (χ1) is 20.5. The number of amides is 3. The van der Waals surface area contributed by atoms with Gasteiger partial charge in [-0.3, -0.25) is 9.69 Å². The maximum Gasteiger partial charge on any atom is 0.415 e. The second kappa shape index (κ2) is 12.6. The monoisotopic (exact) mass is 596 g/mol. The Morgan fingerprint density at radius 2 is 1.93 bits per heavy atom. The van der Waals surface area contributed by atoms with Crippen molar-refractivity contribution in [1.29, 1.82) is 0 Å². The third-order valence-electron chi connectivity index (χ3n) is 7.53. The molecule has 2 unspecified atom stereocenters. The van der Waals surface area contributed by atoms with Crippen LogP contribution in [0.4, 0.5) is 21.2 Å². The normalized spacial score (nSPS) is 19.2. The third kappa shape index (κ3) is 7.45. The fourth-order valence-electron chi connectivity index (χ4n) is 5.51. The number of ether oxygens (including phenoxy) is 4. The van der Waals surface area contributed by atoms with Crippen LogP contribution in [0, 0.1) is 19.8 Å². The molecule has 13 nitrogen and oxygen atoms in total. The number of aryl methyl sites for hydroxylation is 1. The zero-order valence-corrected chi connectivity index (χ0v) is 25.4. The Morgan fingerprint density at radius 3 is 2.72 bits per heavy atom. The van der Waals surface area contributed by atoms with E-state index in [1.165, 1.54) is 16.0 Å². The van der Waals surface area contributed by atoms with Gasteiger partial charge in [-0.1, -0.05) is 0 Å². The van der Waals surface area contributed by atoms with E-state index in [1.54, 1.807) is 12.1 Å². The molecule has 1 fully saturated rings. The summed E-state index contributed by atoms with van der Waals surface area (Å²) in [5.41, 5.74) is 4.03. The molecule has 2 atom stereocenters. The van der Waals surface area contributed by atoms with Crippen LogP contribution < -0.4 is 30.3 Å². The van der Waals surface area contributed by atoms with Crippen molar-refractivity contribution in [3.05, 3.63) is 34.5 Å². The Kier molecular flexibility index (Phi) is 8.90. The quantitative estimate of drug-likeness (QED) is 0.349. The molecule has 3 aliphatic rings. The lowest BCUT2D eigenvalue weighted by Gasteiger charge is -2.19. The molecule has 232 valence electrons. The summed E-state index contributed by atoms with van der Waals surface area (Å²) >= 11 is 0. The molecule has 5 rings (SSSR count). The maximum absolute atomic E-state index is 12.5. The topological polar surface area (TPSA) is 153 Å². The summed E-state index contributed by atoms with van der Waals surface area (Å²) in [5, 5.41) is 8.90. The minimum absolute atomic E-state index is 0.0516. The van der Waals surface area contributed by atoms with Gasteiger partial charge in [0.25, 0.3) is 5.91 Å². The number of nitrogens with zero attached hydrogens (tertiary/aromatic N) is 3. The number of cyclic esters (lactones) is 1. The predicted octanol–water partition coefficient (Wildman–Crippen LogP) is 3.05. The number of anilines is 2. The Morgan fingerprint density at radius 1 is 1.14 bits per heavy atom. The molecule has 13 heteroatoms. The van der Waals surface area contributed by atoms with Crippen LogP contribution in [0.25, 0.3) is 0 Å². The van der Waals surface area contributed by atoms with E-state index >= 15 is 0 Å². The van der Waals surface area contributed by atoms with E-state index in [-0.39, 0.29) is 18.6 Å². The number of carbonyl (C=O) groups is 3. The highest BCUT2D eigenvalue weighted by atomic mass is 16.6. The number of hydrogen-bond acceptors (Lipinski definition) is 10. The summed E-state index contributed by atoms with van der Waals surface area (Å²) in [7, 11) is 0. The van der Waals surface area contributed by atoms with Crippen molar-refractivity contribution >= 4 is 29.7 Å². The second-order valence-corrected chi connectivity index (χ2v) is 12.1. The third-order valence-corrected chi connectivity index (χ3v) is 7.53. The van der Waals surface area contributed by atoms with E-state index in [0.29, 0.717) is 61.8 Å². The molecule has 3 N–H and O–H groups in total. The number of fused-ring (bicyclic) bond motifs is 2. The molecule has 1 saturated heterocycles. The van der Waals surface area contributed by atoms with E-state index in [1.807, 2.05) is 34.6 Å². The van der Waals surface area contributed by atoms with Gasteiger partial charge in [-0.05, 0) is 96.1 Å². The molecule has 3 amide bonds. The Bertz CT molecular complexity index is 1390. The summed E-state index contributed by atoms with van der Waals surface area (Å²) in [6, 6.07) is 3.38. The molecule has 0 aromatic carbocycles.